The zero-order valence-corrected chi connectivity index (χ0v) is 45.5. The Kier molecular flexibility index (Phi) is 7.38. The number of hydrogen-bond donors (Lipinski definition) is 0. The lowest BCUT2D eigenvalue weighted by Crippen LogP contribution is -2.34. The van der Waals surface area contributed by atoms with E-state index in [4.69, 9.17) is 30.3 Å². The maximum atomic E-state index is 10.5. The molecule has 396 valence electrons. The molecule has 11 aromatic rings. The first-order chi connectivity index (χ1) is 47.4. The Morgan fingerprint density at radius 1 is 0.557 bits per heavy atom. The molecule has 0 atom stereocenters. The fraction of sp³-hybridized carbons (Fsp3) is 0.270. The zero-order valence-electron chi connectivity index (χ0n) is 69.5. The van der Waals surface area contributed by atoms with E-state index in [0.717, 1.165) is 38.5 Å². The van der Waals surface area contributed by atoms with Crippen molar-refractivity contribution in [1.82, 2.24) is 14.1 Å². The average Bonchev–Trinajstić information content (AvgIpc) is 1.06. The number of aromatic nitrogens is 4. The monoisotopic (exact) mass is 1060 g/mol. The van der Waals surface area contributed by atoms with Crippen LogP contribution < -0.4 is 9.30 Å². The molecule has 0 N–H and O–H groups in total. The maximum Gasteiger partial charge on any atom is 0.269 e. The number of benzene rings is 8. The Balaban J connectivity index is 1.22. The van der Waals surface area contributed by atoms with Crippen LogP contribution in [0.4, 0.5) is 0 Å². The maximum absolute atomic E-state index is 10.5. The normalized spacial score (nSPS) is 20.8. The van der Waals surface area contributed by atoms with E-state index in [-0.39, 0.29) is 33.2 Å². The predicted octanol–water partition coefficient (Wildman–Crippen LogP) is 19.2. The summed E-state index contributed by atoms with van der Waals surface area (Å²) in [6, 6.07) is 32.5. The van der Waals surface area contributed by atoms with Gasteiger partial charge in [-0.2, -0.15) is 0 Å². The summed E-state index contributed by atoms with van der Waals surface area (Å²) in [5.74, 6) is 1.44. The highest BCUT2D eigenvalue weighted by molar-refractivity contribution is 6.09. The second-order valence-electron chi connectivity index (χ2n) is 23.5. The molecule has 5 nitrogen and oxygen atoms in total. The number of hydrogen-bond acceptors (Lipinski definition) is 2. The van der Waals surface area contributed by atoms with Crippen LogP contribution in [0.2, 0.25) is 0 Å². The Morgan fingerprint density at radius 3 is 1.95 bits per heavy atom. The van der Waals surface area contributed by atoms with Crippen molar-refractivity contribution in [1.29, 1.82) is 0 Å². The van der Waals surface area contributed by atoms with Crippen LogP contribution in [0.1, 0.15) is 163 Å². The van der Waals surface area contributed by atoms with Gasteiger partial charge < -0.3 is 4.74 Å². The lowest BCUT2D eigenvalue weighted by Gasteiger charge is -2.42. The number of ether oxygens (including phenoxy) is 1. The molecule has 0 spiro atoms. The highest BCUT2D eigenvalue weighted by Crippen LogP contribution is 2.48. The van der Waals surface area contributed by atoms with Crippen molar-refractivity contribution in [3.05, 3.63) is 222 Å². The summed E-state index contributed by atoms with van der Waals surface area (Å²) in [5, 5.41) is 1.91. The third kappa shape index (κ3) is 9.45. The Morgan fingerprint density at radius 2 is 1.23 bits per heavy atom. The summed E-state index contributed by atoms with van der Waals surface area (Å²) in [7, 11) is 0. The molecule has 3 heterocycles. The summed E-state index contributed by atoms with van der Waals surface area (Å²) in [5.41, 5.74) is -9.95. The van der Waals surface area contributed by atoms with Crippen molar-refractivity contribution in [2.45, 2.75) is 130 Å². The van der Waals surface area contributed by atoms with Crippen LogP contribution in [0.5, 0.6) is 11.5 Å². The van der Waals surface area contributed by atoms with Gasteiger partial charge >= 0.3 is 0 Å². The smallest absolute Gasteiger partial charge is 0.269 e. The molecule has 3 aromatic heterocycles. The van der Waals surface area contributed by atoms with E-state index in [9.17, 15) is 12.3 Å². The van der Waals surface area contributed by atoms with Crippen LogP contribution in [0, 0.1) is 6.33 Å². The lowest BCUT2D eigenvalue weighted by atomic mass is 9.63. The fourth-order valence-electron chi connectivity index (χ4n) is 10.4. The van der Waals surface area contributed by atoms with Crippen LogP contribution >= 0.6 is 0 Å². The van der Waals surface area contributed by atoms with Crippen molar-refractivity contribution in [2.24, 2.45) is 0 Å². The van der Waals surface area contributed by atoms with Gasteiger partial charge in [0.1, 0.15) is 17.3 Å². The standard InChI is InChI=1S/C74H74N4O/c1-70(2,3)52-30-26-48(27-31-52)50-29-35-65-67(41-50)76(55-22-19-23-56(45-55)79-57-32-33-59-58-24-17-18-25-64(58)78(66(59)46-57)68-44-53(36-39-75-68)71(4,5)6)47-77(65)69-60(49-20-15-14-16-21-49)42-54(72(7,8)9)43-61(69)51-28-34-62-63(40-51)74(12,13)38-37-73(62,10)11/h14-36,39-46H,37-38H2,1-13H3/i10D3,11D3,12D3,13D3,14D,15D,16D,20D,21D,28D,34D,37D2,38D2,40D. The SMILES string of the molecule is [2H]c1c([2H])c([2H])c(-c2cc(C(C)(C)C)cc(-c3c([2H])c([2H])c4c(c3[2H])C(C([2H])([2H])[2H])(C([2H])([2H])[2H])C([2H])([2H])C([2H])([2H])C4(C([2H])([2H])[2H])C([2H])([2H])[2H])c2-[n+]2[c-]n(-c3cccc(Oc4ccc5c6ccccc6n(-c6cc(C(C)(C)C)ccn6)c5c4)c3)c3cc(-c4ccc(C(C)(C)C)cc4)ccc32)c([2H])c1[2H]. The van der Waals surface area contributed by atoms with E-state index in [0.29, 0.717) is 34.1 Å². The minimum Gasteiger partial charge on any atom is -0.458 e. The molecular weight excluding hydrogens is 961 g/mol. The third-order valence-corrected chi connectivity index (χ3v) is 14.8. The molecule has 0 fully saturated rings. The van der Waals surface area contributed by atoms with Crippen LogP contribution in [0.15, 0.2) is 188 Å². The molecule has 0 saturated heterocycles. The minimum absolute atomic E-state index is 0.192. The summed E-state index contributed by atoms with van der Waals surface area (Å²) in [4.78, 5) is 4.85. The molecule has 8 aromatic carbocycles. The van der Waals surface area contributed by atoms with E-state index in [2.05, 4.69) is 58.5 Å². The van der Waals surface area contributed by atoms with Crippen LogP contribution in [-0.2, 0) is 27.1 Å². The van der Waals surface area contributed by atoms with E-state index in [1.54, 1.807) is 67.9 Å². The van der Waals surface area contributed by atoms with Crippen molar-refractivity contribution in [3.8, 4) is 62.1 Å². The molecular formula is C74H74N4O. The first-order valence-corrected chi connectivity index (χ1v) is 26.2. The second kappa shape index (κ2) is 18.8. The number of fused-ring (bicyclic) bond motifs is 5. The van der Waals surface area contributed by atoms with Crippen molar-refractivity contribution >= 4 is 32.8 Å². The van der Waals surface area contributed by atoms with Gasteiger partial charge in [0, 0.05) is 45.0 Å². The van der Waals surface area contributed by atoms with Crippen molar-refractivity contribution in [2.75, 3.05) is 0 Å². The Labute approximate surface area is 501 Å². The average molecular weight is 1060 g/mol. The quantitative estimate of drug-likeness (QED) is 0.112. The largest absolute Gasteiger partial charge is 0.458 e. The Bertz CT molecular complexity index is 5250. The number of nitrogens with zero attached hydrogens (tertiary/aromatic N) is 4. The summed E-state index contributed by atoms with van der Waals surface area (Å²) in [6.07, 6.45) is -4.05. The van der Waals surface area contributed by atoms with Gasteiger partial charge in [-0.15, -0.1) is 0 Å². The highest BCUT2D eigenvalue weighted by atomic mass is 16.5. The number of imidazole rings is 1. The van der Waals surface area contributed by atoms with Crippen molar-refractivity contribution < 1.29 is 42.2 Å². The van der Waals surface area contributed by atoms with Crippen molar-refractivity contribution in [3.63, 3.8) is 0 Å². The fourth-order valence-corrected chi connectivity index (χ4v) is 10.4. The number of para-hydroxylation sites is 1. The topological polar surface area (TPSA) is 35.9 Å². The molecule has 0 radical (unpaired) electrons. The molecule has 79 heavy (non-hydrogen) atoms. The first-order valence-electron chi connectivity index (χ1n) is 38.2. The first kappa shape index (κ1) is 30.9. The number of rotatable bonds is 8. The van der Waals surface area contributed by atoms with Gasteiger partial charge in [-0.1, -0.05) is 211 Å². The zero-order chi connectivity index (χ0) is 75.9. The summed E-state index contributed by atoms with van der Waals surface area (Å²) >= 11 is 0. The van der Waals surface area contributed by atoms with E-state index in [1.807, 2.05) is 78.9 Å². The van der Waals surface area contributed by atoms with Gasteiger partial charge in [0.05, 0.1) is 44.4 Å². The third-order valence-electron chi connectivity index (χ3n) is 14.8. The van der Waals surface area contributed by atoms with Gasteiger partial charge in [0.25, 0.3) is 6.33 Å². The van der Waals surface area contributed by atoms with Gasteiger partial charge in [0.15, 0.2) is 0 Å². The molecule has 1 aliphatic rings. The Hall–Kier alpha value is -8.02. The molecule has 5 heteroatoms. The molecule has 0 bridgehead atoms. The molecule has 0 amide bonds. The lowest BCUT2D eigenvalue weighted by molar-refractivity contribution is -0.571. The van der Waals surface area contributed by atoms with Crippen LogP contribution in [0.3, 0.4) is 0 Å². The van der Waals surface area contributed by atoms with E-state index < -0.39 is 133 Å². The van der Waals surface area contributed by atoms with E-state index >= 15 is 0 Å². The van der Waals surface area contributed by atoms with Gasteiger partial charge in [0.2, 0.25) is 0 Å². The van der Waals surface area contributed by atoms with Gasteiger partial charge in [-0.05, 0) is 156 Å². The molecule has 0 saturated carbocycles. The molecule has 12 rings (SSSR count). The van der Waals surface area contributed by atoms with E-state index in [1.165, 1.54) is 16.7 Å². The second-order valence-corrected chi connectivity index (χ2v) is 23.5. The molecule has 0 unspecified atom stereocenters. The van der Waals surface area contributed by atoms with Gasteiger partial charge in [-0.3, -0.25) is 13.7 Å². The predicted molar refractivity (Wildman–Crippen MR) is 330 cm³/mol. The summed E-state index contributed by atoms with van der Waals surface area (Å²) in [6.45, 7) is 0.336. The van der Waals surface area contributed by atoms with Crippen LogP contribution in [0.25, 0.3) is 83.4 Å². The number of pyridine rings is 1. The minimum atomic E-state index is -4.65. The van der Waals surface area contributed by atoms with Gasteiger partial charge in [-0.25, -0.2) is 4.98 Å². The molecule has 0 aliphatic heterocycles. The highest BCUT2D eigenvalue weighted by Gasteiger charge is 2.37. The van der Waals surface area contributed by atoms with Crippen LogP contribution in [-0.4, -0.2) is 14.1 Å². The molecule has 1 aliphatic carbocycles. The summed E-state index contributed by atoms with van der Waals surface area (Å²) < 4.78 is 236.